The van der Waals surface area contributed by atoms with Crippen LogP contribution in [0.1, 0.15) is 23.2 Å². The van der Waals surface area contributed by atoms with Gasteiger partial charge in [0.2, 0.25) is 10.0 Å². The van der Waals surface area contributed by atoms with E-state index in [1.54, 1.807) is 0 Å². The van der Waals surface area contributed by atoms with Crippen LogP contribution in [0.3, 0.4) is 0 Å². The van der Waals surface area contributed by atoms with E-state index in [0.717, 1.165) is 31.0 Å². The molecule has 0 unspecified atom stereocenters. The molecule has 1 saturated heterocycles. The third-order valence-corrected chi connectivity index (χ3v) is 4.42. The predicted octanol–water partition coefficient (Wildman–Crippen LogP) is -0.353. The van der Waals surface area contributed by atoms with Crippen LogP contribution in [-0.4, -0.2) is 33.6 Å². The van der Waals surface area contributed by atoms with Crippen molar-refractivity contribution in [2.45, 2.75) is 23.8 Å². The summed E-state index contributed by atoms with van der Waals surface area (Å²) in [5, 5.41) is 10.7. The SMILES string of the molecule is O=C([O-])c1ccc(F)c(S(=O)(=O)NC[C@H]2CCCO2)c1. The number of sulfonamides is 1. The molecule has 1 fully saturated rings. The van der Waals surface area contributed by atoms with Gasteiger partial charge in [-0.1, -0.05) is 6.07 Å². The minimum Gasteiger partial charge on any atom is -0.545 e. The van der Waals surface area contributed by atoms with Crippen molar-refractivity contribution >= 4 is 16.0 Å². The molecule has 1 aromatic rings. The van der Waals surface area contributed by atoms with Crippen molar-refractivity contribution in [3.05, 3.63) is 29.6 Å². The predicted molar refractivity (Wildman–Crippen MR) is 64.9 cm³/mol. The number of hydrogen-bond acceptors (Lipinski definition) is 5. The fourth-order valence-electron chi connectivity index (χ4n) is 1.92. The first-order valence-electron chi connectivity index (χ1n) is 6.02. The molecule has 1 N–H and O–H groups in total. The number of carbonyl (C=O) groups is 1. The Balaban J connectivity index is 2.19. The van der Waals surface area contributed by atoms with Gasteiger partial charge in [-0.25, -0.2) is 17.5 Å². The molecule has 1 aromatic carbocycles. The van der Waals surface area contributed by atoms with E-state index in [1.807, 2.05) is 0 Å². The van der Waals surface area contributed by atoms with Gasteiger partial charge in [-0.15, -0.1) is 0 Å². The minimum atomic E-state index is -4.13. The zero-order valence-corrected chi connectivity index (χ0v) is 11.3. The Morgan fingerprint density at radius 1 is 1.50 bits per heavy atom. The highest BCUT2D eigenvalue weighted by Gasteiger charge is 2.23. The number of benzene rings is 1. The summed E-state index contributed by atoms with van der Waals surface area (Å²) in [6.07, 6.45) is 1.34. The van der Waals surface area contributed by atoms with Gasteiger partial charge in [0, 0.05) is 13.2 Å². The van der Waals surface area contributed by atoms with Crippen LogP contribution in [0, 0.1) is 5.82 Å². The summed E-state index contributed by atoms with van der Waals surface area (Å²) in [6.45, 7) is 0.595. The molecule has 0 saturated carbocycles. The Morgan fingerprint density at radius 2 is 2.25 bits per heavy atom. The lowest BCUT2D eigenvalue weighted by Crippen LogP contribution is -2.32. The van der Waals surface area contributed by atoms with Crippen molar-refractivity contribution in [3.8, 4) is 0 Å². The van der Waals surface area contributed by atoms with Gasteiger partial charge < -0.3 is 14.6 Å². The Morgan fingerprint density at radius 3 is 2.85 bits per heavy atom. The monoisotopic (exact) mass is 302 g/mol. The van der Waals surface area contributed by atoms with Gasteiger partial charge in [0.25, 0.3) is 0 Å². The molecular formula is C12H13FNO5S-. The van der Waals surface area contributed by atoms with Crippen LogP contribution in [0.5, 0.6) is 0 Å². The van der Waals surface area contributed by atoms with E-state index in [9.17, 15) is 22.7 Å². The molecule has 1 atom stereocenters. The number of rotatable bonds is 5. The molecule has 0 radical (unpaired) electrons. The Hall–Kier alpha value is -1.51. The van der Waals surface area contributed by atoms with Crippen LogP contribution < -0.4 is 9.83 Å². The highest BCUT2D eigenvalue weighted by molar-refractivity contribution is 7.89. The maximum atomic E-state index is 13.6. The fourth-order valence-corrected chi connectivity index (χ4v) is 3.09. The lowest BCUT2D eigenvalue weighted by Gasteiger charge is -2.13. The minimum absolute atomic E-state index is 0.0251. The number of carboxylic acids is 1. The Labute approximate surface area is 115 Å². The Kier molecular flexibility index (Phi) is 4.36. The molecule has 1 aliphatic heterocycles. The van der Waals surface area contributed by atoms with Crippen molar-refractivity contribution in [2.24, 2.45) is 0 Å². The van der Waals surface area contributed by atoms with Crippen LogP contribution in [0.15, 0.2) is 23.1 Å². The average Bonchev–Trinajstić information content (AvgIpc) is 2.89. The van der Waals surface area contributed by atoms with E-state index in [2.05, 4.69) is 4.72 Å². The number of hydrogen-bond donors (Lipinski definition) is 1. The largest absolute Gasteiger partial charge is 0.545 e. The topological polar surface area (TPSA) is 95.5 Å². The first kappa shape index (κ1) is 14.9. The molecular weight excluding hydrogens is 289 g/mol. The third kappa shape index (κ3) is 3.33. The van der Waals surface area contributed by atoms with Crippen molar-refractivity contribution in [2.75, 3.05) is 13.2 Å². The maximum absolute atomic E-state index is 13.6. The first-order valence-corrected chi connectivity index (χ1v) is 7.50. The van der Waals surface area contributed by atoms with E-state index >= 15 is 0 Å². The standard InChI is InChI=1S/C12H14FNO5S/c13-10-4-3-8(12(15)16)6-11(10)20(17,18)14-7-9-2-1-5-19-9/h3-4,6,9,14H,1-2,5,7H2,(H,15,16)/p-1/t9-/m1/s1. The molecule has 2 rings (SSSR count). The van der Waals surface area contributed by atoms with Crippen molar-refractivity contribution in [1.29, 1.82) is 0 Å². The molecule has 6 nitrogen and oxygen atoms in total. The van der Waals surface area contributed by atoms with Gasteiger partial charge in [0.05, 0.1) is 12.1 Å². The molecule has 8 heteroatoms. The lowest BCUT2D eigenvalue weighted by molar-refractivity contribution is -0.255. The number of ether oxygens (including phenoxy) is 1. The van der Waals surface area contributed by atoms with Crippen LogP contribution >= 0.6 is 0 Å². The second kappa shape index (κ2) is 5.86. The number of halogens is 1. The van der Waals surface area contributed by atoms with Crippen LogP contribution in [0.2, 0.25) is 0 Å². The molecule has 1 heterocycles. The van der Waals surface area contributed by atoms with Gasteiger partial charge in [-0.2, -0.15) is 0 Å². The third-order valence-electron chi connectivity index (χ3n) is 2.98. The van der Waals surface area contributed by atoms with Crippen molar-refractivity contribution in [1.82, 2.24) is 4.72 Å². The zero-order chi connectivity index (χ0) is 14.8. The molecule has 0 amide bonds. The van der Waals surface area contributed by atoms with Crippen LogP contribution in [0.25, 0.3) is 0 Å². The highest BCUT2D eigenvalue weighted by atomic mass is 32.2. The molecule has 110 valence electrons. The normalized spacial score (nSPS) is 19.1. The van der Waals surface area contributed by atoms with Gasteiger partial charge in [-0.3, -0.25) is 0 Å². The van der Waals surface area contributed by atoms with Crippen LogP contribution in [0.4, 0.5) is 4.39 Å². The number of carbonyl (C=O) groups excluding carboxylic acids is 1. The number of aromatic carboxylic acids is 1. The molecule has 0 aromatic heterocycles. The van der Waals surface area contributed by atoms with Crippen molar-refractivity contribution < 1.29 is 27.4 Å². The van der Waals surface area contributed by atoms with Gasteiger partial charge >= 0.3 is 0 Å². The summed E-state index contributed by atoms with van der Waals surface area (Å²) in [4.78, 5) is 9.98. The second-order valence-electron chi connectivity index (χ2n) is 4.42. The van der Waals surface area contributed by atoms with Gasteiger partial charge in [0.1, 0.15) is 10.7 Å². The smallest absolute Gasteiger partial charge is 0.243 e. The van der Waals surface area contributed by atoms with Crippen molar-refractivity contribution in [3.63, 3.8) is 0 Å². The fraction of sp³-hybridized carbons (Fsp3) is 0.417. The summed E-state index contributed by atoms with van der Waals surface area (Å²) in [7, 11) is -4.13. The summed E-state index contributed by atoms with van der Waals surface area (Å²) in [6, 6.07) is 2.47. The molecule has 0 spiro atoms. The summed E-state index contributed by atoms with van der Waals surface area (Å²) < 4.78 is 45.0. The lowest BCUT2D eigenvalue weighted by atomic mass is 10.2. The maximum Gasteiger partial charge on any atom is 0.243 e. The van der Waals surface area contributed by atoms with E-state index < -0.39 is 32.3 Å². The Bertz CT molecular complexity index is 610. The quantitative estimate of drug-likeness (QED) is 0.802. The average molecular weight is 302 g/mol. The molecule has 0 aliphatic carbocycles. The van der Waals surface area contributed by atoms with E-state index in [0.29, 0.717) is 6.61 Å². The van der Waals surface area contributed by atoms with Crippen LogP contribution in [-0.2, 0) is 14.8 Å². The second-order valence-corrected chi connectivity index (χ2v) is 6.15. The highest BCUT2D eigenvalue weighted by Crippen LogP contribution is 2.17. The summed E-state index contributed by atoms with van der Waals surface area (Å²) in [5.41, 5.74) is -0.399. The summed E-state index contributed by atoms with van der Waals surface area (Å²) >= 11 is 0. The van der Waals surface area contributed by atoms with E-state index in [-0.39, 0.29) is 12.6 Å². The molecule has 0 bridgehead atoms. The number of carboxylic acid groups (broad SMARTS) is 1. The molecule has 20 heavy (non-hydrogen) atoms. The number of nitrogens with one attached hydrogen (secondary N) is 1. The molecule has 1 aliphatic rings. The van der Waals surface area contributed by atoms with E-state index in [1.165, 1.54) is 0 Å². The summed E-state index contributed by atoms with van der Waals surface area (Å²) in [5.74, 6) is -2.59. The zero-order valence-electron chi connectivity index (χ0n) is 10.5. The van der Waals surface area contributed by atoms with Gasteiger partial charge in [-0.05, 0) is 30.5 Å². The first-order chi connectivity index (χ1) is 9.40. The van der Waals surface area contributed by atoms with Gasteiger partial charge in [0.15, 0.2) is 0 Å². The van der Waals surface area contributed by atoms with E-state index in [4.69, 9.17) is 4.74 Å².